The minimum absolute atomic E-state index is 0.0840. The number of hydrogen-bond donors (Lipinski definition) is 1. The van der Waals surface area contributed by atoms with Gasteiger partial charge in [-0.1, -0.05) is 120 Å². The van der Waals surface area contributed by atoms with Crippen LogP contribution >= 0.6 is 0 Å². The molecule has 0 atom stereocenters. The number of carbonyl (C=O) groups is 1. The van der Waals surface area contributed by atoms with Crippen LogP contribution in [-0.2, 0) is 10.8 Å². The molecule has 3 heteroatoms. The molecule has 37 heavy (non-hydrogen) atoms. The Morgan fingerprint density at radius 1 is 0.892 bits per heavy atom. The normalized spacial score (nSPS) is 15.7. The molecular weight excluding hydrogens is 468 g/mol. The maximum Gasteiger partial charge on any atom is 0.335 e. The van der Waals surface area contributed by atoms with Gasteiger partial charge in [0.25, 0.3) is 0 Å². The van der Waals surface area contributed by atoms with Crippen molar-refractivity contribution in [3.05, 3.63) is 112 Å². The molecule has 1 N–H and O–H groups in total. The maximum atomic E-state index is 11.4. The van der Waals surface area contributed by atoms with Crippen molar-refractivity contribution >= 4 is 30.9 Å². The average molecular weight is 509 g/mol. The summed E-state index contributed by atoms with van der Waals surface area (Å²) in [5.41, 5.74) is 9.45. The Kier molecular flexibility index (Phi) is 6.98. The summed E-state index contributed by atoms with van der Waals surface area (Å²) in [4.78, 5) is 11.4. The fraction of sp³-hybridized carbons (Fsp3) is 0.324. The smallest absolute Gasteiger partial charge is 0.335 e. The number of carboxylic acid groups (broad SMARTS) is 1. The summed E-state index contributed by atoms with van der Waals surface area (Å²) in [7, 11) is -1.72. The first-order chi connectivity index (χ1) is 17.2. The monoisotopic (exact) mass is 508 g/mol. The molecule has 1 aliphatic rings. The number of benzene rings is 3. The van der Waals surface area contributed by atoms with Crippen LogP contribution in [-0.4, -0.2) is 19.1 Å². The molecule has 0 unspecified atom stereocenters. The van der Waals surface area contributed by atoms with Gasteiger partial charge in [-0.05, 0) is 74.4 Å². The summed E-state index contributed by atoms with van der Waals surface area (Å²) < 4.78 is 0. The quantitative estimate of drug-likeness (QED) is 0.275. The predicted molar refractivity (Wildman–Crippen MR) is 161 cm³/mol. The van der Waals surface area contributed by atoms with Crippen LogP contribution in [0.2, 0.25) is 19.6 Å². The fourth-order valence-corrected chi connectivity index (χ4v) is 6.79. The zero-order valence-corrected chi connectivity index (χ0v) is 24.6. The lowest BCUT2D eigenvalue weighted by atomic mass is 9.71. The molecule has 3 aromatic rings. The van der Waals surface area contributed by atoms with Crippen LogP contribution < -0.4 is 0 Å². The second-order valence-corrected chi connectivity index (χ2v) is 18.1. The maximum absolute atomic E-state index is 11.4. The Morgan fingerprint density at radius 3 is 2.03 bits per heavy atom. The zero-order chi connectivity index (χ0) is 27.2. The zero-order valence-electron chi connectivity index (χ0n) is 23.6. The van der Waals surface area contributed by atoms with Crippen molar-refractivity contribution in [3.8, 4) is 0 Å². The summed E-state index contributed by atoms with van der Waals surface area (Å²) in [6.45, 7) is 18.4. The number of carboxylic acids is 1. The molecule has 0 saturated carbocycles. The predicted octanol–water partition coefficient (Wildman–Crippen LogP) is 9.21. The molecule has 0 bridgehead atoms. The lowest BCUT2D eigenvalue weighted by Crippen LogP contribution is -2.23. The summed E-state index contributed by atoms with van der Waals surface area (Å²) >= 11 is 0. The van der Waals surface area contributed by atoms with Crippen LogP contribution in [0.15, 0.2) is 72.8 Å². The van der Waals surface area contributed by atoms with E-state index in [1.165, 1.54) is 38.6 Å². The third kappa shape index (κ3) is 5.72. The number of aromatic carboxylic acids is 1. The average Bonchev–Trinajstić information content (AvgIpc) is 2.81. The van der Waals surface area contributed by atoms with Crippen molar-refractivity contribution in [1.82, 2.24) is 0 Å². The van der Waals surface area contributed by atoms with E-state index in [0.29, 0.717) is 5.56 Å². The molecule has 0 radical (unpaired) electrons. The van der Waals surface area contributed by atoms with Crippen molar-refractivity contribution in [1.29, 1.82) is 0 Å². The van der Waals surface area contributed by atoms with Crippen LogP contribution in [0.25, 0.3) is 16.8 Å². The van der Waals surface area contributed by atoms with Crippen LogP contribution in [0.3, 0.4) is 0 Å². The van der Waals surface area contributed by atoms with Gasteiger partial charge >= 0.3 is 5.97 Å². The highest BCUT2D eigenvalue weighted by molar-refractivity contribution is 6.94. The number of rotatable bonds is 5. The molecule has 0 saturated heterocycles. The molecule has 1 aliphatic carbocycles. The molecular formula is C34H40O2Si. The second kappa shape index (κ2) is 9.61. The van der Waals surface area contributed by atoms with Crippen LogP contribution in [0, 0.1) is 0 Å². The Labute approximate surface area is 223 Å². The van der Waals surface area contributed by atoms with Gasteiger partial charge in [0.2, 0.25) is 0 Å². The highest BCUT2D eigenvalue weighted by Crippen LogP contribution is 2.42. The van der Waals surface area contributed by atoms with E-state index < -0.39 is 14.0 Å². The summed E-state index contributed by atoms with van der Waals surface area (Å²) in [5.74, 6) is -0.891. The SMILES string of the molecule is CC(C)(C)c1ccc(C2=CCC(C)(C)c3ccc(C=C(c4ccc(C(=O)O)cc4)[Si](C)(C)C)cc32)cc1. The van der Waals surface area contributed by atoms with E-state index >= 15 is 0 Å². The second-order valence-electron chi connectivity index (χ2n) is 13.0. The topological polar surface area (TPSA) is 37.3 Å². The van der Waals surface area contributed by atoms with Gasteiger partial charge in [-0.3, -0.25) is 0 Å². The van der Waals surface area contributed by atoms with E-state index in [1.54, 1.807) is 12.1 Å². The van der Waals surface area contributed by atoms with Gasteiger partial charge < -0.3 is 5.11 Å². The first-order valence-corrected chi connectivity index (χ1v) is 16.7. The summed E-state index contributed by atoms with van der Waals surface area (Å²) in [6, 6.07) is 23.3. The molecule has 0 amide bonds. The van der Waals surface area contributed by atoms with Crippen molar-refractivity contribution in [3.63, 3.8) is 0 Å². The van der Waals surface area contributed by atoms with Crippen molar-refractivity contribution in [2.75, 3.05) is 0 Å². The van der Waals surface area contributed by atoms with Crippen LogP contribution in [0.4, 0.5) is 0 Å². The van der Waals surface area contributed by atoms with Gasteiger partial charge in [0.15, 0.2) is 0 Å². The number of allylic oxidation sites excluding steroid dienone is 1. The lowest BCUT2D eigenvalue weighted by molar-refractivity contribution is 0.0697. The summed E-state index contributed by atoms with van der Waals surface area (Å²) in [5, 5.41) is 10.6. The Morgan fingerprint density at radius 2 is 1.49 bits per heavy atom. The molecule has 0 fully saturated rings. The van der Waals surface area contributed by atoms with Gasteiger partial charge in [-0.15, -0.1) is 0 Å². The van der Waals surface area contributed by atoms with E-state index in [9.17, 15) is 9.90 Å². The van der Waals surface area contributed by atoms with Gasteiger partial charge in [0.05, 0.1) is 13.6 Å². The van der Waals surface area contributed by atoms with E-state index in [4.69, 9.17) is 0 Å². The highest BCUT2D eigenvalue weighted by Gasteiger charge is 2.29. The van der Waals surface area contributed by atoms with Crippen molar-refractivity contribution < 1.29 is 9.90 Å². The van der Waals surface area contributed by atoms with E-state index in [0.717, 1.165) is 12.0 Å². The Balaban J connectivity index is 1.81. The first-order valence-electron chi connectivity index (χ1n) is 13.2. The van der Waals surface area contributed by atoms with Gasteiger partial charge in [-0.2, -0.15) is 0 Å². The molecule has 0 spiro atoms. The molecule has 0 aliphatic heterocycles. The van der Waals surface area contributed by atoms with Gasteiger partial charge in [-0.25, -0.2) is 4.79 Å². The molecule has 4 rings (SSSR count). The van der Waals surface area contributed by atoms with Crippen LogP contribution in [0.1, 0.15) is 84.8 Å². The lowest BCUT2D eigenvalue weighted by Gasteiger charge is -2.33. The fourth-order valence-electron chi connectivity index (χ4n) is 5.16. The van der Waals surface area contributed by atoms with Gasteiger partial charge in [0.1, 0.15) is 0 Å². The standard InChI is InChI=1S/C34H40O2Si/c1-33(2,3)27-16-14-24(15-17-27)28-19-20-34(4,5)30-18-9-23(21-29(28)30)22-31(37(6,7)8)25-10-12-26(13-11-25)32(35)36/h9-19,21-22H,20H2,1-8H3,(H,35,36). The van der Waals surface area contributed by atoms with Crippen LogP contribution in [0.5, 0.6) is 0 Å². The first kappa shape index (κ1) is 26.9. The van der Waals surface area contributed by atoms with Gasteiger partial charge in [0, 0.05) is 0 Å². The largest absolute Gasteiger partial charge is 0.478 e. The summed E-state index contributed by atoms with van der Waals surface area (Å²) in [6.07, 6.45) is 5.75. The van der Waals surface area contributed by atoms with E-state index in [-0.39, 0.29) is 10.8 Å². The number of hydrogen-bond acceptors (Lipinski definition) is 1. The highest BCUT2D eigenvalue weighted by atomic mass is 28.3. The Bertz CT molecular complexity index is 1370. The van der Waals surface area contributed by atoms with E-state index in [2.05, 4.69) is 109 Å². The molecule has 192 valence electrons. The molecule has 2 nitrogen and oxygen atoms in total. The minimum atomic E-state index is -1.72. The molecule has 3 aromatic carbocycles. The van der Waals surface area contributed by atoms with E-state index in [1.807, 2.05) is 12.1 Å². The third-order valence-corrected chi connectivity index (χ3v) is 9.55. The Hall–Kier alpha value is -3.17. The molecule has 0 heterocycles. The molecule has 0 aromatic heterocycles. The minimum Gasteiger partial charge on any atom is -0.478 e. The van der Waals surface area contributed by atoms with Crippen molar-refractivity contribution in [2.45, 2.75) is 71.5 Å². The van der Waals surface area contributed by atoms with Crippen molar-refractivity contribution in [2.24, 2.45) is 0 Å². The third-order valence-electron chi connectivity index (χ3n) is 7.50. The number of fused-ring (bicyclic) bond motifs is 1.